The van der Waals surface area contributed by atoms with Gasteiger partial charge in [0.15, 0.2) is 0 Å². The van der Waals surface area contributed by atoms with E-state index in [0.717, 1.165) is 6.07 Å². The number of rotatable bonds is 3. The normalized spacial score (nSPS) is 10.3. The van der Waals surface area contributed by atoms with E-state index in [1.165, 1.54) is 24.5 Å². The van der Waals surface area contributed by atoms with E-state index in [4.69, 9.17) is 16.7 Å². The number of carbonyl (C=O) groups is 1. The van der Waals surface area contributed by atoms with Crippen molar-refractivity contribution in [3.05, 3.63) is 58.6 Å². The fraction of sp³-hybridized carbons (Fsp3) is 0.0769. The number of aliphatic hydroxyl groups is 1. The second-order valence-electron chi connectivity index (χ2n) is 3.77. The third kappa shape index (κ3) is 3.07. The van der Waals surface area contributed by atoms with Gasteiger partial charge in [-0.1, -0.05) is 11.6 Å². The first-order chi connectivity index (χ1) is 9.11. The van der Waals surface area contributed by atoms with Gasteiger partial charge in [-0.2, -0.15) is 0 Å². The van der Waals surface area contributed by atoms with Crippen LogP contribution in [0.25, 0.3) is 0 Å². The number of hydrogen-bond donors (Lipinski definition) is 2. The van der Waals surface area contributed by atoms with Crippen LogP contribution in [0.3, 0.4) is 0 Å². The van der Waals surface area contributed by atoms with Crippen molar-refractivity contribution in [3.8, 4) is 0 Å². The van der Waals surface area contributed by atoms with Crippen molar-refractivity contribution in [2.45, 2.75) is 6.61 Å². The minimum atomic E-state index is -0.587. The lowest BCUT2D eigenvalue weighted by atomic mass is 10.2. The Bertz CT molecular complexity index is 619. The van der Waals surface area contributed by atoms with Gasteiger partial charge in [-0.25, -0.2) is 4.39 Å². The number of anilines is 1. The second kappa shape index (κ2) is 5.77. The van der Waals surface area contributed by atoms with Crippen LogP contribution in [0.5, 0.6) is 0 Å². The molecule has 0 aliphatic carbocycles. The molecule has 0 aliphatic heterocycles. The Balaban J connectivity index is 2.23. The molecule has 0 atom stereocenters. The molecule has 4 nitrogen and oxygen atoms in total. The lowest BCUT2D eigenvalue weighted by Crippen LogP contribution is -2.13. The summed E-state index contributed by atoms with van der Waals surface area (Å²) >= 11 is 5.61. The third-order valence-electron chi connectivity index (χ3n) is 2.51. The number of nitrogens with zero attached hydrogens (tertiary/aromatic N) is 1. The summed E-state index contributed by atoms with van der Waals surface area (Å²) in [5, 5.41) is 11.6. The topological polar surface area (TPSA) is 62.2 Å². The summed E-state index contributed by atoms with van der Waals surface area (Å²) in [6, 6.07) is 5.27. The van der Waals surface area contributed by atoms with Gasteiger partial charge < -0.3 is 10.4 Å². The molecule has 1 aromatic heterocycles. The van der Waals surface area contributed by atoms with Crippen LogP contribution in [0.4, 0.5) is 10.1 Å². The summed E-state index contributed by atoms with van der Waals surface area (Å²) in [6.07, 6.45) is 2.94. The van der Waals surface area contributed by atoms with Gasteiger partial charge in [0, 0.05) is 17.3 Å². The maximum Gasteiger partial charge on any atom is 0.255 e. The number of halogens is 2. The first kappa shape index (κ1) is 13.5. The molecule has 0 aliphatic rings. The third-order valence-corrected chi connectivity index (χ3v) is 2.80. The molecule has 19 heavy (non-hydrogen) atoms. The number of amides is 1. The van der Waals surface area contributed by atoms with E-state index in [-0.39, 0.29) is 17.2 Å². The number of aliphatic hydroxyl groups excluding tert-OH is 1. The molecule has 0 fully saturated rings. The lowest BCUT2D eigenvalue weighted by Gasteiger charge is -2.09. The van der Waals surface area contributed by atoms with Crippen LogP contribution in [0.2, 0.25) is 5.02 Å². The Kier molecular flexibility index (Phi) is 4.09. The molecule has 0 saturated carbocycles. The molecule has 0 saturated heterocycles. The summed E-state index contributed by atoms with van der Waals surface area (Å²) in [6.45, 7) is -0.220. The average Bonchev–Trinajstić information content (AvgIpc) is 2.42. The highest BCUT2D eigenvalue weighted by Gasteiger charge is 2.11. The van der Waals surface area contributed by atoms with E-state index in [1.807, 2.05) is 0 Å². The Morgan fingerprint density at radius 1 is 1.42 bits per heavy atom. The maximum absolute atomic E-state index is 13.0. The molecule has 0 spiro atoms. The first-order valence-corrected chi connectivity index (χ1v) is 5.79. The molecule has 0 bridgehead atoms. The first-order valence-electron chi connectivity index (χ1n) is 5.42. The van der Waals surface area contributed by atoms with E-state index >= 15 is 0 Å². The van der Waals surface area contributed by atoms with Crippen molar-refractivity contribution in [2.24, 2.45) is 0 Å². The van der Waals surface area contributed by atoms with E-state index in [1.54, 1.807) is 6.07 Å². The van der Waals surface area contributed by atoms with Crippen LogP contribution in [-0.4, -0.2) is 16.0 Å². The Morgan fingerprint density at radius 2 is 2.21 bits per heavy atom. The van der Waals surface area contributed by atoms with Gasteiger partial charge in [0.1, 0.15) is 5.82 Å². The molecule has 0 radical (unpaired) electrons. The van der Waals surface area contributed by atoms with Crippen LogP contribution in [0.1, 0.15) is 15.9 Å². The standard InChI is InChI=1S/C13H10ClFN2O2/c14-10-5-8(1-2-11(10)15)13(19)17-12-6-16-4-3-9(12)7-18/h1-6,18H,7H2,(H,17,19). The van der Waals surface area contributed by atoms with E-state index in [2.05, 4.69) is 10.3 Å². The number of nitrogens with one attached hydrogen (secondary N) is 1. The van der Waals surface area contributed by atoms with Gasteiger partial charge in [-0.05, 0) is 24.3 Å². The van der Waals surface area contributed by atoms with Crippen LogP contribution >= 0.6 is 11.6 Å². The number of hydrogen-bond acceptors (Lipinski definition) is 3. The molecule has 6 heteroatoms. The van der Waals surface area contributed by atoms with Gasteiger partial charge >= 0.3 is 0 Å². The number of carbonyl (C=O) groups excluding carboxylic acids is 1. The molecule has 98 valence electrons. The molecule has 2 rings (SSSR count). The quantitative estimate of drug-likeness (QED) is 0.908. The van der Waals surface area contributed by atoms with Crippen LogP contribution in [-0.2, 0) is 6.61 Å². The zero-order valence-electron chi connectivity index (χ0n) is 9.73. The fourth-order valence-corrected chi connectivity index (χ4v) is 1.69. The average molecular weight is 281 g/mol. The van der Waals surface area contributed by atoms with Crippen molar-refractivity contribution in [3.63, 3.8) is 0 Å². The van der Waals surface area contributed by atoms with Gasteiger partial charge in [0.25, 0.3) is 5.91 Å². The largest absolute Gasteiger partial charge is 0.392 e. The van der Waals surface area contributed by atoms with Gasteiger partial charge in [0.05, 0.1) is 23.5 Å². The number of aromatic nitrogens is 1. The SMILES string of the molecule is O=C(Nc1cnccc1CO)c1ccc(F)c(Cl)c1. The highest BCUT2D eigenvalue weighted by atomic mass is 35.5. The predicted octanol–water partition coefficient (Wildman–Crippen LogP) is 2.62. The fourth-order valence-electron chi connectivity index (χ4n) is 1.51. The molecule has 1 aromatic carbocycles. The highest BCUT2D eigenvalue weighted by Crippen LogP contribution is 2.18. The Labute approximate surface area is 113 Å². The van der Waals surface area contributed by atoms with Gasteiger partial charge in [-0.15, -0.1) is 0 Å². The van der Waals surface area contributed by atoms with Crippen molar-refractivity contribution in [2.75, 3.05) is 5.32 Å². The van der Waals surface area contributed by atoms with Gasteiger partial charge in [-0.3, -0.25) is 9.78 Å². The summed E-state index contributed by atoms with van der Waals surface area (Å²) < 4.78 is 13.0. The molecule has 1 amide bonds. The minimum Gasteiger partial charge on any atom is -0.392 e. The molecule has 2 aromatic rings. The second-order valence-corrected chi connectivity index (χ2v) is 4.18. The molecule has 2 N–H and O–H groups in total. The van der Waals surface area contributed by atoms with Gasteiger partial charge in [0.2, 0.25) is 0 Å². The summed E-state index contributed by atoms with van der Waals surface area (Å²) in [5.41, 5.74) is 1.16. The smallest absolute Gasteiger partial charge is 0.255 e. The van der Waals surface area contributed by atoms with Crippen molar-refractivity contribution in [1.29, 1.82) is 0 Å². The summed E-state index contributed by atoms with van der Waals surface area (Å²) in [7, 11) is 0. The molecular formula is C13H10ClFN2O2. The highest BCUT2D eigenvalue weighted by molar-refractivity contribution is 6.31. The summed E-state index contributed by atoms with van der Waals surface area (Å²) in [4.78, 5) is 15.8. The van der Waals surface area contributed by atoms with Crippen molar-refractivity contribution >= 4 is 23.2 Å². The molecule has 1 heterocycles. The molecule has 0 unspecified atom stereocenters. The predicted molar refractivity (Wildman–Crippen MR) is 69.5 cm³/mol. The zero-order valence-corrected chi connectivity index (χ0v) is 10.5. The zero-order chi connectivity index (χ0) is 13.8. The van der Waals surface area contributed by atoms with Crippen molar-refractivity contribution < 1.29 is 14.3 Å². The minimum absolute atomic E-state index is 0.124. The van der Waals surface area contributed by atoms with E-state index in [0.29, 0.717) is 11.3 Å². The van der Waals surface area contributed by atoms with Crippen molar-refractivity contribution in [1.82, 2.24) is 4.98 Å². The number of pyridine rings is 1. The van der Waals surface area contributed by atoms with Crippen LogP contribution in [0.15, 0.2) is 36.7 Å². The monoisotopic (exact) mass is 280 g/mol. The maximum atomic E-state index is 13.0. The Hall–Kier alpha value is -1.98. The number of benzene rings is 1. The molecular weight excluding hydrogens is 271 g/mol. The van der Waals surface area contributed by atoms with Crippen LogP contribution in [0, 0.1) is 5.82 Å². The summed E-state index contributed by atoms with van der Waals surface area (Å²) in [5.74, 6) is -1.04. The van der Waals surface area contributed by atoms with E-state index in [9.17, 15) is 9.18 Å². The Morgan fingerprint density at radius 3 is 2.89 bits per heavy atom. The van der Waals surface area contributed by atoms with Crippen LogP contribution < -0.4 is 5.32 Å². The van der Waals surface area contributed by atoms with E-state index < -0.39 is 11.7 Å². The lowest BCUT2D eigenvalue weighted by molar-refractivity contribution is 0.102.